The fraction of sp³-hybridized carbons (Fsp3) is 0.250. The number of amides is 2. The van der Waals surface area contributed by atoms with E-state index in [1.54, 1.807) is 48.4 Å². The molecule has 1 atom stereocenters. The van der Waals surface area contributed by atoms with E-state index in [9.17, 15) is 14.4 Å². The fourth-order valence-electron chi connectivity index (χ4n) is 2.99. The van der Waals surface area contributed by atoms with Crippen molar-refractivity contribution in [3.63, 3.8) is 0 Å². The number of carbonyl (C=O) groups is 3. The van der Waals surface area contributed by atoms with Gasteiger partial charge in [-0.15, -0.1) is 0 Å². The Morgan fingerprint density at radius 3 is 2.41 bits per heavy atom. The number of carboxylic acids is 1. The Morgan fingerprint density at radius 2 is 1.81 bits per heavy atom. The number of nitrogens with zero attached hydrogens (tertiary/aromatic N) is 1. The normalized spacial score (nSPS) is 16.3. The molecule has 140 valence electrons. The SMILES string of the molecule is COc1ccc(N2CC(C(=O)NCc3ccc(C(=O)O)cc3)CC2=O)cc1. The molecule has 27 heavy (non-hydrogen) atoms. The minimum absolute atomic E-state index is 0.0915. The Bertz CT molecular complexity index is 846. The lowest BCUT2D eigenvalue weighted by Crippen LogP contribution is -2.32. The average Bonchev–Trinajstić information content (AvgIpc) is 3.08. The van der Waals surface area contributed by atoms with E-state index < -0.39 is 11.9 Å². The van der Waals surface area contributed by atoms with E-state index in [4.69, 9.17) is 9.84 Å². The molecule has 0 radical (unpaired) electrons. The molecule has 1 heterocycles. The van der Waals surface area contributed by atoms with Crippen LogP contribution in [-0.2, 0) is 16.1 Å². The van der Waals surface area contributed by atoms with Gasteiger partial charge in [-0.05, 0) is 42.0 Å². The topological polar surface area (TPSA) is 95.9 Å². The van der Waals surface area contributed by atoms with Crippen LogP contribution in [0.3, 0.4) is 0 Å². The molecule has 2 amide bonds. The van der Waals surface area contributed by atoms with Crippen molar-refractivity contribution < 1.29 is 24.2 Å². The summed E-state index contributed by atoms with van der Waals surface area (Å²) in [5, 5.41) is 11.7. The van der Waals surface area contributed by atoms with Gasteiger partial charge >= 0.3 is 5.97 Å². The van der Waals surface area contributed by atoms with Crippen LogP contribution < -0.4 is 15.0 Å². The van der Waals surface area contributed by atoms with Crippen LogP contribution in [0, 0.1) is 5.92 Å². The fourth-order valence-corrected chi connectivity index (χ4v) is 2.99. The minimum Gasteiger partial charge on any atom is -0.497 e. The number of methoxy groups -OCH3 is 1. The number of rotatable bonds is 6. The summed E-state index contributed by atoms with van der Waals surface area (Å²) in [6, 6.07) is 13.4. The number of anilines is 1. The van der Waals surface area contributed by atoms with E-state index in [1.165, 1.54) is 12.1 Å². The summed E-state index contributed by atoms with van der Waals surface area (Å²) in [5.41, 5.74) is 1.73. The highest BCUT2D eigenvalue weighted by atomic mass is 16.5. The third kappa shape index (κ3) is 4.25. The van der Waals surface area contributed by atoms with Gasteiger partial charge < -0.3 is 20.1 Å². The number of benzene rings is 2. The van der Waals surface area contributed by atoms with E-state index in [-0.39, 0.29) is 30.3 Å². The van der Waals surface area contributed by atoms with Gasteiger partial charge in [-0.2, -0.15) is 0 Å². The Hall–Kier alpha value is -3.35. The van der Waals surface area contributed by atoms with Crippen LogP contribution in [0.1, 0.15) is 22.3 Å². The molecule has 0 bridgehead atoms. The van der Waals surface area contributed by atoms with Crippen LogP contribution >= 0.6 is 0 Å². The van der Waals surface area contributed by atoms with Gasteiger partial charge in [0.15, 0.2) is 0 Å². The van der Waals surface area contributed by atoms with Crippen LogP contribution in [0.4, 0.5) is 5.69 Å². The van der Waals surface area contributed by atoms with Gasteiger partial charge in [-0.1, -0.05) is 12.1 Å². The molecule has 1 aliphatic rings. The molecule has 2 N–H and O–H groups in total. The molecule has 1 unspecified atom stereocenters. The number of carbonyl (C=O) groups excluding carboxylic acids is 2. The first-order valence-electron chi connectivity index (χ1n) is 8.52. The lowest BCUT2D eigenvalue weighted by Gasteiger charge is -2.17. The maximum absolute atomic E-state index is 12.4. The highest BCUT2D eigenvalue weighted by Crippen LogP contribution is 2.27. The molecule has 7 nitrogen and oxygen atoms in total. The number of aromatic carboxylic acids is 1. The van der Waals surface area contributed by atoms with Crippen molar-refractivity contribution in [2.45, 2.75) is 13.0 Å². The second-order valence-electron chi connectivity index (χ2n) is 6.32. The summed E-state index contributed by atoms with van der Waals surface area (Å²) in [4.78, 5) is 37.1. The van der Waals surface area contributed by atoms with Crippen molar-refractivity contribution in [2.75, 3.05) is 18.6 Å². The Morgan fingerprint density at radius 1 is 1.15 bits per heavy atom. The van der Waals surface area contributed by atoms with Gasteiger partial charge in [0.25, 0.3) is 0 Å². The summed E-state index contributed by atoms with van der Waals surface area (Å²) >= 11 is 0. The van der Waals surface area contributed by atoms with E-state index in [0.717, 1.165) is 11.3 Å². The molecule has 1 saturated heterocycles. The second-order valence-corrected chi connectivity index (χ2v) is 6.32. The van der Waals surface area contributed by atoms with E-state index in [1.807, 2.05) is 0 Å². The van der Waals surface area contributed by atoms with Crippen molar-refractivity contribution in [1.29, 1.82) is 0 Å². The largest absolute Gasteiger partial charge is 0.497 e. The average molecular weight is 368 g/mol. The summed E-state index contributed by atoms with van der Waals surface area (Å²) in [6.07, 6.45) is 0.163. The van der Waals surface area contributed by atoms with Gasteiger partial charge in [-0.25, -0.2) is 4.79 Å². The number of hydrogen-bond donors (Lipinski definition) is 2. The third-order valence-corrected chi connectivity index (χ3v) is 4.55. The Kier molecular flexibility index (Phi) is 5.40. The summed E-state index contributed by atoms with van der Waals surface area (Å²) in [6.45, 7) is 0.612. The number of carboxylic acid groups (broad SMARTS) is 1. The molecule has 7 heteroatoms. The first-order chi connectivity index (χ1) is 13.0. The van der Waals surface area contributed by atoms with Gasteiger partial charge in [0.1, 0.15) is 5.75 Å². The molecule has 1 aliphatic heterocycles. The first kappa shape index (κ1) is 18.4. The van der Waals surface area contributed by atoms with Gasteiger partial charge in [0, 0.05) is 25.2 Å². The maximum atomic E-state index is 12.4. The molecule has 3 rings (SSSR count). The highest BCUT2D eigenvalue weighted by Gasteiger charge is 2.34. The van der Waals surface area contributed by atoms with Crippen LogP contribution in [0.5, 0.6) is 5.75 Å². The molecule has 2 aromatic carbocycles. The predicted octanol–water partition coefficient (Wildman–Crippen LogP) is 2.06. The van der Waals surface area contributed by atoms with Gasteiger partial charge in [0.2, 0.25) is 11.8 Å². The standard InChI is InChI=1S/C20H20N2O5/c1-27-17-8-6-16(7-9-17)22-12-15(10-18(22)23)19(24)21-11-13-2-4-14(5-3-13)20(25)26/h2-9,15H,10-12H2,1H3,(H,21,24)(H,25,26). The zero-order valence-corrected chi connectivity index (χ0v) is 14.8. The van der Waals surface area contributed by atoms with Crippen LogP contribution in [0.25, 0.3) is 0 Å². The van der Waals surface area contributed by atoms with Crippen molar-refractivity contribution in [3.05, 3.63) is 59.7 Å². The number of hydrogen-bond acceptors (Lipinski definition) is 4. The van der Waals surface area contributed by atoms with E-state index >= 15 is 0 Å². The molecular weight excluding hydrogens is 348 g/mol. The summed E-state index contributed by atoms with van der Waals surface area (Å²) < 4.78 is 5.11. The highest BCUT2D eigenvalue weighted by molar-refractivity contribution is 6.00. The van der Waals surface area contributed by atoms with Gasteiger partial charge in [-0.3, -0.25) is 9.59 Å². The van der Waals surface area contributed by atoms with Crippen LogP contribution in [0.2, 0.25) is 0 Å². The maximum Gasteiger partial charge on any atom is 0.335 e. The lowest BCUT2D eigenvalue weighted by molar-refractivity contribution is -0.126. The third-order valence-electron chi connectivity index (χ3n) is 4.55. The Labute approximate surface area is 156 Å². The predicted molar refractivity (Wildman–Crippen MR) is 98.7 cm³/mol. The van der Waals surface area contributed by atoms with Crippen LogP contribution in [-0.4, -0.2) is 36.5 Å². The molecule has 0 spiro atoms. The quantitative estimate of drug-likeness (QED) is 0.814. The summed E-state index contributed by atoms with van der Waals surface area (Å²) in [7, 11) is 1.57. The van der Waals surface area contributed by atoms with Crippen molar-refractivity contribution >= 4 is 23.5 Å². The monoisotopic (exact) mass is 368 g/mol. The van der Waals surface area contributed by atoms with Gasteiger partial charge in [0.05, 0.1) is 18.6 Å². The number of ether oxygens (including phenoxy) is 1. The Balaban J connectivity index is 1.57. The molecule has 0 aliphatic carbocycles. The minimum atomic E-state index is -0.992. The molecular formula is C20H20N2O5. The zero-order chi connectivity index (χ0) is 19.4. The molecule has 0 saturated carbocycles. The molecule has 1 fully saturated rings. The van der Waals surface area contributed by atoms with Crippen LogP contribution in [0.15, 0.2) is 48.5 Å². The van der Waals surface area contributed by atoms with E-state index in [2.05, 4.69) is 5.32 Å². The van der Waals surface area contributed by atoms with Crippen molar-refractivity contribution in [3.8, 4) is 5.75 Å². The number of nitrogens with one attached hydrogen (secondary N) is 1. The smallest absolute Gasteiger partial charge is 0.335 e. The first-order valence-corrected chi connectivity index (χ1v) is 8.52. The van der Waals surface area contributed by atoms with Crippen molar-refractivity contribution in [2.24, 2.45) is 5.92 Å². The second kappa shape index (κ2) is 7.90. The lowest BCUT2D eigenvalue weighted by atomic mass is 10.1. The molecule has 0 aromatic heterocycles. The van der Waals surface area contributed by atoms with Crippen molar-refractivity contribution in [1.82, 2.24) is 5.32 Å². The summed E-state index contributed by atoms with van der Waals surface area (Å²) in [5.74, 6) is -0.993. The molecule has 2 aromatic rings. The zero-order valence-electron chi connectivity index (χ0n) is 14.8. The van der Waals surface area contributed by atoms with E-state index in [0.29, 0.717) is 12.3 Å².